The van der Waals surface area contributed by atoms with Gasteiger partial charge in [0.2, 0.25) is 0 Å². The van der Waals surface area contributed by atoms with Crippen LogP contribution in [0.1, 0.15) is 48.9 Å². The van der Waals surface area contributed by atoms with Gasteiger partial charge in [-0.25, -0.2) is 9.97 Å². The molecule has 110 valence electrons. The highest BCUT2D eigenvalue weighted by Crippen LogP contribution is 2.17. The molecule has 2 heterocycles. The van der Waals surface area contributed by atoms with Gasteiger partial charge < -0.3 is 10.2 Å². The number of halogens is 1. The Morgan fingerprint density at radius 3 is 2.95 bits per heavy atom. The van der Waals surface area contributed by atoms with Crippen LogP contribution in [0.15, 0.2) is 10.7 Å². The molecule has 0 radical (unpaired) electrons. The molecule has 1 unspecified atom stereocenters. The van der Waals surface area contributed by atoms with Crippen molar-refractivity contribution >= 4 is 21.8 Å². The summed E-state index contributed by atoms with van der Waals surface area (Å²) in [7, 11) is 2.08. The number of hydrogen-bond acceptors (Lipinski definition) is 4. The van der Waals surface area contributed by atoms with Crippen molar-refractivity contribution in [3.8, 4) is 0 Å². The molecule has 0 aliphatic carbocycles. The van der Waals surface area contributed by atoms with Crippen molar-refractivity contribution in [3.63, 3.8) is 0 Å². The Balaban J connectivity index is 2.10. The Kier molecular flexibility index (Phi) is 5.10. The van der Waals surface area contributed by atoms with Gasteiger partial charge in [-0.1, -0.05) is 13.8 Å². The van der Waals surface area contributed by atoms with Gasteiger partial charge in [0.25, 0.3) is 5.91 Å². The quantitative estimate of drug-likeness (QED) is 0.916. The number of hydrogen-bond donors (Lipinski definition) is 1. The zero-order chi connectivity index (χ0) is 14.7. The van der Waals surface area contributed by atoms with E-state index in [1.165, 1.54) is 0 Å². The lowest BCUT2D eigenvalue weighted by atomic mass is 10.1. The first kappa shape index (κ1) is 15.4. The predicted octanol–water partition coefficient (Wildman–Crippen LogP) is 2.19. The molecule has 0 spiro atoms. The van der Waals surface area contributed by atoms with Gasteiger partial charge in [0.15, 0.2) is 0 Å². The number of nitrogens with one attached hydrogen (secondary N) is 1. The van der Waals surface area contributed by atoms with Crippen LogP contribution in [0.5, 0.6) is 0 Å². The smallest absolute Gasteiger partial charge is 0.271 e. The van der Waals surface area contributed by atoms with Gasteiger partial charge in [-0.15, -0.1) is 0 Å². The fraction of sp³-hybridized carbons (Fsp3) is 0.643. The fourth-order valence-corrected chi connectivity index (χ4v) is 2.73. The molecule has 0 saturated carbocycles. The summed E-state index contributed by atoms with van der Waals surface area (Å²) >= 11 is 3.36. The summed E-state index contributed by atoms with van der Waals surface area (Å²) in [6.07, 6.45) is 3.80. The molecular weight excluding hydrogens is 320 g/mol. The van der Waals surface area contributed by atoms with Crippen molar-refractivity contribution < 1.29 is 4.79 Å². The van der Waals surface area contributed by atoms with Crippen LogP contribution in [0.2, 0.25) is 0 Å². The zero-order valence-corrected chi connectivity index (χ0v) is 13.8. The number of carbonyl (C=O) groups excluding carboxylic acids is 1. The Morgan fingerprint density at radius 1 is 1.55 bits per heavy atom. The normalized spacial score (nSPS) is 20.1. The maximum Gasteiger partial charge on any atom is 0.271 e. The van der Waals surface area contributed by atoms with E-state index in [0.29, 0.717) is 16.0 Å². The first-order valence-electron chi connectivity index (χ1n) is 6.99. The number of likely N-dealkylation sites (N-methyl/N-ethyl adjacent to an activating group) is 1. The average molecular weight is 341 g/mol. The van der Waals surface area contributed by atoms with Gasteiger partial charge in [0.05, 0.1) is 4.47 Å². The second-order valence-corrected chi connectivity index (χ2v) is 6.51. The van der Waals surface area contributed by atoms with Crippen molar-refractivity contribution in [1.82, 2.24) is 20.2 Å². The number of aromatic nitrogens is 2. The van der Waals surface area contributed by atoms with E-state index in [-0.39, 0.29) is 17.9 Å². The fourth-order valence-electron chi connectivity index (χ4n) is 2.36. The summed E-state index contributed by atoms with van der Waals surface area (Å²) in [6, 6.07) is 0.200. The maximum absolute atomic E-state index is 12.4. The Hall–Kier alpha value is -1.01. The molecule has 1 atom stereocenters. The van der Waals surface area contributed by atoms with Crippen LogP contribution >= 0.6 is 15.9 Å². The number of piperidine rings is 1. The molecule has 6 heteroatoms. The molecule has 5 nitrogen and oxygen atoms in total. The predicted molar refractivity (Wildman–Crippen MR) is 81.8 cm³/mol. The van der Waals surface area contributed by atoms with Crippen LogP contribution < -0.4 is 5.32 Å². The molecular formula is C14H21BrN4O. The molecule has 1 saturated heterocycles. The minimum atomic E-state index is -0.124. The molecule has 2 rings (SSSR count). The van der Waals surface area contributed by atoms with Gasteiger partial charge in [0.1, 0.15) is 11.5 Å². The monoisotopic (exact) mass is 340 g/mol. The summed E-state index contributed by atoms with van der Waals surface area (Å²) in [4.78, 5) is 23.2. The van der Waals surface area contributed by atoms with E-state index in [9.17, 15) is 4.79 Å². The summed E-state index contributed by atoms with van der Waals surface area (Å²) in [6.45, 7) is 6.02. The van der Waals surface area contributed by atoms with Crippen molar-refractivity contribution in [1.29, 1.82) is 0 Å². The molecule has 1 aliphatic heterocycles. The maximum atomic E-state index is 12.4. The third-order valence-corrected chi connectivity index (χ3v) is 4.03. The summed E-state index contributed by atoms with van der Waals surface area (Å²) in [5.74, 6) is 0.774. The van der Waals surface area contributed by atoms with Gasteiger partial charge >= 0.3 is 0 Å². The summed E-state index contributed by atoms with van der Waals surface area (Å²) in [5.41, 5.74) is 0.428. The largest absolute Gasteiger partial charge is 0.347 e. The van der Waals surface area contributed by atoms with E-state index >= 15 is 0 Å². The minimum Gasteiger partial charge on any atom is -0.347 e. The third-order valence-electron chi connectivity index (χ3n) is 3.45. The number of likely N-dealkylation sites (tertiary alicyclic amines) is 1. The number of nitrogens with zero attached hydrogens (tertiary/aromatic N) is 3. The van der Waals surface area contributed by atoms with Gasteiger partial charge in [-0.3, -0.25) is 4.79 Å². The van der Waals surface area contributed by atoms with Crippen molar-refractivity contribution in [2.45, 2.75) is 38.6 Å². The topological polar surface area (TPSA) is 58.1 Å². The highest BCUT2D eigenvalue weighted by Gasteiger charge is 2.22. The molecule has 1 N–H and O–H groups in total. The lowest BCUT2D eigenvalue weighted by Gasteiger charge is -2.30. The van der Waals surface area contributed by atoms with Crippen LogP contribution in [0.3, 0.4) is 0 Å². The van der Waals surface area contributed by atoms with Gasteiger partial charge in [-0.05, 0) is 42.4 Å². The van der Waals surface area contributed by atoms with Gasteiger partial charge in [-0.2, -0.15) is 0 Å². The molecule has 1 aliphatic rings. The highest BCUT2D eigenvalue weighted by atomic mass is 79.9. The Bertz CT molecular complexity index is 492. The number of carbonyl (C=O) groups is 1. The molecule has 0 bridgehead atoms. The van der Waals surface area contributed by atoms with Crippen LogP contribution in [0.4, 0.5) is 0 Å². The van der Waals surface area contributed by atoms with E-state index < -0.39 is 0 Å². The Labute approximate surface area is 128 Å². The number of rotatable bonds is 3. The lowest BCUT2D eigenvalue weighted by Crippen LogP contribution is -2.46. The molecule has 1 aromatic rings. The van der Waals surface area contributed by atoms with Crippen molar-refractivity contribution in [2.75, 3.05) is 20.1 Å². The highest BCUT2D eigenvalue weighted by molar-refractivity contribution is 9.10. The van der Waals surface area contributed by atoms with Gasteiger partial charge in [0, 0.05) is 24.7 Å². The standard InChI is InChI=1S/C14H21BrN4O/c1-9(2)13-16-7-11(15)12(18-13)14(20)17-10-5-4-6-19(3)8-10/h7,9-10H,4-6,8H2,1-3H3,(H,17,20). The van der Waals surface area contributed by atoms with E-state index in [1.54, 1.807) is 6.20 Å². The first-order chi connectivity index (χ1) is 9.47. The Morgan fingerprint density at radius 2 is 2.30 bits per heavy atom. The van der Waals surface area contributed by atoms with E-state index in [1.807, 2.05) is 13.8 Å². The lowest BCUT2D eigenvalue weighted by molar-refractivity contribution is 0.0906. The summed E-state index contributed by atoms with van der Waals surface area (Å²) in [5, 5.41) is 3.07. The average Bonchev–Trinajstić information content (AvgIpc) is 2.38. The SMILES string of the molecule is CC(C)c1ncc(Br)c(C(=O)NC2CCCN(C)C2)n1. The minimum absolute atomic E-state index is 0.124. The van der Waals surface area contributed by atoms with E-state index in [4.69, 9.17) is 0 Å². The molecule has 1 amide bonds. The molecule has 1 aromatic heterocycles. The van der Waals surface area contributed by atoms with E-state index in [0.717, 1.165) is 25.9 Å². The van der Waals surface area contributed by atoms with Crippen LogP contribution in [0.25, 0.3) is 0 Å². The summed E-state index contributed by atoms with van der Waals surface area (Å²) < 4.78 is 0.642. The molecule has 20 heavy (non-hydrogen) atoms. The second kappa shape index (κ2) is 6.63. The van der Waals surface area contributed by atoms with Crippen molar-refractivity contribution in [2.24, 2.45) is 0 Å². The zero-order valence-electron chi connectivity index (χ0n) is 12.2. The molecule has 0 aromatic carbocycles. The molecule has 1 fully saturated rings. The van der Waals surface area contributed by atoms with E-state index in [2.05, 4.69) is 43.2 Å². The van der Waals surface area contributed by atoms with Crippen molar-refractivity contribution in [3.05, 3.63) is 22.2 Å². The first-order valence-corrected chi connectivity index (χ1v) is 7.78. The number of amides is 1. The second-order valence-electron chi connectivity index (χ2n) is 5.65. The van der Waals surface area contributed by atoms with Crippen LogP contribution in [0, 0.1) is 0 Å². The van der Waals surface area contributed by atoms with Crippen LogP contribution in [-0.4, -0.2) is 47.0 Å². The third kappa shape index (κ3) is 3.76. The van der Waals surface area contributed by atoms with Crippen LogP contribution in [-0.2, 0) is 0 Å².